The molecule has 0 aromatic heterocycles. The number of aryl methyl sites for hydroxylation is 1. The molecule has 0 radical (unpaired) electrons. The SMILES string of the molecule is C=C(CNC)/C(NC)=C(/c1ccccc1)c1ccccc1C. The maximum absolute atomic E-state index is 4.23. The van der Waals surface area contributed by atoms with Crippen molar-refractivity contribution in [2.75, 3.05) is 20.6 Å². The summed E-state index contributed by atoms with van der Waals surface area (Å²) in [5, 5.41) is 6.53. The van der Waals surface area contributed by atoms with Crippen molar-refractivity contribution < 1.29 is 0 Å². The highest BCUT2D eigenvalue weighted by Crippen LogP contribution is 2.30. The Bertz CT molecular complexity index is 669. The average Bonchev–Trinajstić information content (AvgIpc) is 2.54. The van der Waals surface area contributed by atoms with Crippen LogP contribution in [0, 0.1) is 6.92 Å². The highest BCUT2D eigenvalue weighted by atomic mass is 14.9. The van der Waals surface area contributed by atoms with Gasteiger partial charge in [-0.05, 0) is 36.2 Å². The topological polar surface area (TPSA) is 24.1 Å². The summed E-state index contributed by atoms with van der Waals surface area (Å²) < 4.78 is 0. The molecule has 2 heteroatoms. The molecule has 0 aliphatic carbocycles. The zero-order valence-electron chi connectivity index (χ0n) is 13.6. The van der Waals surface area contributed by atoms with Crippen LogP contribution in [0.5, 0.6) is 0 Å². The monoisotopic (exact) mass is 292 g/mol. The predicted molar refractivity (Wildman–Crippen MR) is 95.8 cm³/mol. The van der Waals surface area contributed by atoms with Gasteiger partial charge >= 0.3 is 0 Å². The Hall–Kier alpha value is -2.32. The zero-order valence-corrected chi connectivity index (χ0v) is 13.6. The van der Waals surface area contributed by atoms with Gasteiger partial charge in [0.2, 0.25) is 0 Å². The van der Waals surface area contributed by atoms with Crippen LogP contribution in [-0.2, 0) is 0 Å². The summed E-state index contributed by atoms with van der Waals surface area (Å²) in [6.07, 6.45) is 0. The summed E-state index contributed by atoms with van der Waals surface area (Å²) in [6, 6.07) is 18.9. The van der Waals surface area contributed by atoms with Crippen LogP contribution in [0.4, 0.5) is 0 Å². The first-order valence-corrected chi connectivity index (χ1v) is 7.55. The number of benzene rings is 2. The number of likely N-dealkylation sites (N-methyl/N-ethyl adjacent to an activating group) is 2. The molecule has 2 rings (SSSR count). The summed E-state index contributed by atoms with van der Waals surface area (Å²) in [4.78, 5) is 0. The van der Waals surface area contributed by atoms with Crippen LogP contribution in [0.2, 0.25) is 0 Å². The predicted octanol–water partition coefficient (Wildman–Crippen LogP) is 3.75. The van der Waals surface area contributed by atoms with Gasteiger partial charge in [-0.1, -0.05) is 61.2 Å². The van der Waals surface area contributed by atoms with Crippen molar-refractivity contribution in [3.8, 4) is 0 Å². The molecule has 2 nitrogen and oxygen atoms in total. The smallest absolute Gasteiger partial charge is 0.0463 e. The zero-order chi connectivity index (χ0) is 15.9. The molecule has 2 N–H and O–H groups in total. The minimum Gasteiger partial charge on any atom is -0.387 e. The van der Waals surface area contributed by atoms with Crippen LogP contribution in [0.3, 0.4) is 0 Å². The summed E-state index contributed by atoms with van der Waals surface area (Å²) in [5.74, 6) is 0. The van der Waals surface area contributed by atoms with Crippen molar-refractivity contribution >= 4 is 5.57 Å². The van der Waals surface area contributed by atoms with Crippen LogP contribution >= 0.6 is 0 Å². The molecule has 22 heavy (non-hydrogen) atoms. The van der Waals surface area contributed by atoms with Crippen molar-refractivity contribution in [3.05, 3.63) is 89.1 Å². The first-order valence-electron chi connectivity index (χ1n) is 7.55. The minimum absolute atomic E-state index is 0.748. The Morgan fingerprint density at radius 3 is 2.18 bits per heavy atom. The van der Waals surface area contributed by atoms with Crippen LogP contribution in [0.15, 0.2) is 72.4 Å². The van der Waals surface area contributed by atoms with Crippen molar-refractivity contribution in [2.45, 2.75) is 6.92 Å². The fraction of sp³-hybridized carbons (Fsp3) is 0.200. The van der Waals surface area contributed by atoms with Crippen molar-refractivity contribution in [1.29, 1.82) is 0 Å². The van der Waals surface area contributed by atoms with E-state index in [0.717, 1.165) is 17.8 Å². The van der Waals surface area contributed by atoms with Crippen LogP contribution < -0.4 is 10.6 Å². The van der Waals surface area contributed by atoms with Gasteiger partial charge in [0.25, 0.3) is 0 Å². The summed E-state index contributed by atoms with van der Waals surface area (Å²) >= 11 is 0. The van der Waals surface area contributed by atoms with E-state index < -0.39 is 0 Å². The normalized spacial score (nSPS) is 11.8. The molecule has 0 unspecified atom stereocenters. The quantitative estimate of drug-likeness (QED) is 0.792. The van der Waals surface area contributed by atoms with Crippen LogP contribution in [-0.4, -0.2) is 20.6 Å². The molecule has 0 heterocycles. The van der Waals surface area contributed by atoms with E-state index in [1.165, 1.54) is 22.3 Å². The second-order valence-corrected chi connectivity index (χ2v) is 5.31. The third-order valence-electron chi connectivity index (χ3n) is 3.72. The molecule has 0 spiro atoms. The van der Waals surface area contributed by atoms with Gasteiger partial charge in [0.1, 0.15) is 0 Å². The lowest BCUT2D eigenvalue weighted by atomic mass is 9.90. The molecule has 0 aliphatic heterocycles. The molecule has 114 valence electrons. The molecule has 0 atom stereocenters. The Kier molecular flexibility index (Phi) is 5.56. The molecule has 0 saturated carbocycles. The van der Waals surface area contributed by atoms with Crippen LogP contribution in [0.25, 0.3) is 5.57 Å². The van der Waals surface area contributed by atoms with E-state index >= 15 is 0 Å². The fourth-order valence-corrected chi connectivity index (χ4v) is 2.67. The van der Waals surface area contributed by atoms with E-state index in [4.69, 9.17) is 0 Å². The third kappa shape index (κ3) is 3.46. The Labute approximate surface area is 133 Å². The third-order valence-corrected chi connectivity index (χ3v) is 3.72. The number of hydrogen-bond acceptors (Lipinski definition) is 2. The van der Waals surface area contributed by atoms with Gasteiger partial charge in [-0.15, -0.1) is 0 Å². The lowest BCUT2D eigenvalue weighted by Crippen LogP contribution is -2.19. The maximum atomic E-state index is 4.23. The maximum Gasteiger partial charge on any atom is 0.0463 e. The highest BCUT2D eigenvalue weighted by Gasteiger charge is 2.14. The molecule has 2 aromatic carbocycles. The standard InChI is InChI=1S/C20H24N2/c1-15-10-8-9-13-18(15)19(17-11-6-5-7-12-17)20(22-4)16(2)14-21-3/h5-13,21-22H,2,14H2,1,3-4H3/b20-19+. The van der Waals surface area contributed by atoms with E-state index in [2.05, 4.69) is 72.7 Å². The molecular weight excluding hydrogens is 268 g/mol. The second kappa shape index (κ2) is 7.62. The molecule has 0 fully saturated rings. The lowest BCUT2D eigenvalue weighted by molar-refractivity contribution is 0.860. The van der Waals surface area contributed by atoms with E-state index in [9.17, 15) is 0 Å². The Morgan fingerprint density at radius 2 is 1.59 bits per heavy atom. The summed E-state index contributed by atoms with van der Waals surface area (Å²) in [5.41, 5.74) is 7.00. The first-order chi connectivity index (χ1) is 10.7. The average molecular weight is 292 g/mol. The van der Waals surface area contributed by atoms with Gasteiger partial charge in [0, 0.05) is 24.9 Å². The van der Waals surface area contributed by atoms with Gasteiger partial charge in [0.05, 0.1) is 0 Å². The summed E-state index contributed by atoms with van der Waals surface area (Å²) in [6.45, 7) is 7.13. The molecular formula is C20H24N2. The Morgan fingerprint density at radius 1 is 0.955 bits per heavy atom. The largest absolute Gasteiger partial charge is 0.387 e. The van der Waals surface area contributed by atoms with E-state index in [1.54, 1.807) is 0 Å². The second-order valence-electron chi connectivity index (χ2n) is 5.31. The van der Waals surface area contributed by atoms with E-state index in [1.807, 2.05) is 20.2 Å². The lowest BCUT2D eigenvalue weighted by Gasteiger charge is -2.19. The number of nitrogens with one attached hydrogen (secondary N) is 2. The van der Waals surface area contributed by atoms with Gasteiger partial charge in [-0.25, -0.2) is 0 Å². The van der Waals surface area contributed by atoms with Crippen molar-refractivity contribution in [3.63, 3.8) is 0 Å². The van der Waals surface area contributed by atoms with Gasteiger partial charge in [-0.2, -0.15) is 0 Å². The molecule has 2 aromatic rings. The van der Waals surface area contributed by atoms with Crippen LogP contribution in [0.1, 0.15) is 16.7 Å². The number of rotatable bonds is 6. The molecule has 0 aliphatic rings. The first kappa shape index (κ1) is 16.1. The van der Waals surface area contributed by atoms with Crippen molar-refractivity contribution in [2.24, 2.45) is 0 Å². The summed E-state index contributed by atoms with van der Waals surface area (Å²) in [7, 11) is 3.89. The van der Waals surface area contributed by atoms with Gasteiger partial charge < -0.3 is 10.6 Å². The number of hydrogen-bond donors (Lipinski definition) is 2. The van der Waals surface area contributed by atoms with E-state index in [-0.39, 0.29) is 0 Å². The van der Waals surface area contributed by atoms with E-state index in [0.29, 0.717) is 0 Å². The van der Waals surface area contributed by atoms with Gasteiger partial charge in [-0.3, -0.25) is 0 Å². The van der Waals surface area contributed by atoms with Crippen molar-refractivity contribution in [1.82, 2.24) is 10.6 Å². The minimum atomic E-state index is 0.748. The van der Waals surface area contributed by atoms with Gasteiger partial charge in [0.15, 0.2) is 0 Å². The fourth-order valence-electron chi connectivity index (χ4n) is 2.67. The molecule has 0 bridgehead atoms. The molecule has 0 amide bonds. The highest BCUT2D eigenvalue weighted by molar-refractivity contribution is 5.85. The Balaban J connectivity index is 2.70. The molecule has 0 saturated heterocycles.